The van der Waals surface area contributed by atoms with Gasteiger partial charge in [0.1, 0.15) is 6.04 Å². The lowest BCUT2D eigenvalue weighted by atomic mass is 10.3. The Balaban J connectivity index is 2.35. The van der Waals surface area contributed by atoms with Crippen LogP contribution in [0.5, 0.6) is 0 Å². The molecular weight excluding hydrogens is 226 g/mol. The van der Waals surface area contributed by atoms with Crippen molar-refractivity contribution in [1.82, 2.24) is 26.0 Å². The maximum atomic E-state index is 11.5. The molecule has 94 valence electrons. The number of H-pyrrole nitrogens is 1. The molecule has 0 saturated carbocycles. The molecule has 1 rings (SSSR count). The van der Waals surface area contributed by atoms with Gasteiger partial charge in [-0.05, 0) is 6.92 Å². The number of methoxy groups -OCH3 is 1. The topological polar surface area (TPSA) is 109 Å². The highest BCUT2D eigenvalue weighted by molar-refractivity contribution is 5.95. The van der Waals surface area contributed by atoms with Gasteiger partial charge >= 0.3 is 0 Å². The van der Waals surface area contributed by atoms with Gasteiger partial charge in [0, 0.05) is 13.7 Å². The fourth-order valence-electron chi connectivity index (χ4n) is 1.08. The van der Waals surface area contributed by atoms with Crippen molar-refractivity contribution in [2.24, 2.45) is 0 Å². The van der Waals surface area contributed by atoms with Crippen molar-refractivity contribution in [3.05, 3.63) is 11.9 Å². The summed E-state index contributed by atoms with van der Waals surface area (Å²) in [6.07, 6.45) is 1.28. The summed E-state index contributed by atoms with van der Waals surface area (Å²) >= 11 is 0. The van der Waals surface area contributed by atoms with Crippen LogP contribution in [0.1, 0.15) is 17.4 Å². The Hall–Kier alpha value is -1.96. The molecule has 0 aliphatic heterocycles. The Bertz CT molecular complexity index is 365. The molecule has 0 bridgehead atoms. The molecule has 0 radical (unpaired) electrons. The summed E-state index contributed by atoms with van der Waals surface area (Å²) in [5, 5.41) is 14.5. The fraction of sp³-hybridized carbons (Fsp3) is 0.556. The van der Waals surface area contributed by atoms with Crippen molar-refractivity contribution < 1.29 is 14.3 Å². The largest absolute Gasteiger partial charge is 0.383 e. The Kier molecular flexibility index (Phi) is 5.08. The Morgan fingerprint density at radius 3 is 2.94 bits per heavy atom. The maximum Gasteiger partial charge on any atom is 0.274 e. The third kappa shape index (κ3) is 4.19. The fourth-order valence-corrected chi connectivity index (χ4v) is 1.08. The quantitative estimate of drug-likeness (QED) is 0.535. The summed E-state index contributed by atoms with van der Waals surface area (Å²) < 4.78 is 4.79. The summed E-state index contributed by atoms with van der Waals surface area (Å²) in [5.41, 5.74) is 0.140. The first-order chi connectivity index (χ1) is 8.15. The predicted octanol–water partition coefficient (Wildman–Crippen LogP) is -1.31. The minimum absolute atomic E-state index is 0.140. The van der Waals surface area contributed by atoms with Crippen LogP contribution in [0.15, 0.2) is 6.20 Å². The van der Waals surface area contributed by atoms with E-state index in [1.54, 1.807) is 14.0 Å². The summed E-state index contributed by atoms with van der Waals surface area (Å²) in [4.78, 5) is 23.0. The minimum Gasteiger partial charge on any atom is -0.383 e. The van der Waals surface area contributed by atoms with Gasteiger partial charge in [0.2, 0.25) is 5.91 Å². The van der Waals surface area contributed by atoms with Gasteiger partial charge in [-0.1, -0.05) is 0 Å². The van der Waals surface area contributed by atoms with E-state index in [4.69, 9.17) is 4.74 Å². The van der Waals surface area contributed by atoms with Gasteiger partial charge in [-0.2, -0.15) is 15.4 Å². The molecule has 1 aromatic rings. The van der Waals surface area contributed by atoms with Gasteiger partial charge in [0.05, 0.1) is 12.8 Å². The molecule has 8 nitrogen and oxygen atoms in total. The zero-order chi connectivity index (χ0) is 12.7. The molecule has 0 fully saturated rings. The van der Waals surface area contributed by atoms with Crippen molar-refractivity contribution in [1.29, 1.82) is 0 Å². The average molecular weight is 241 g/mol. The van der Waals surface area contributed by atoms with E-state index in [9.17, 15) is 9.59 Å². The molecule has 0 saturated heterocycles. The van der Waals surface area contributed by atoms with E-state index in [-0.39, 0.29) is 11.6 Å². The lowest BCUT2D eigenvalue weighted by molar-refractivity contribution is -0.122. The zero-order valence-corrected chi connectivity index (χ0v) is 9.69. The van der Waals surface area contributed by atoms with Gasteiger partial charge in [-0.15, -0.1) is 0 Å². The zero-order valence-electron chi connectivity index (χ0n) is 9.69. The molecule has 0 spiro atoms. The monoisotopic (exact) mass is 241 g/mol. The van der Waals surface area contributed by atoms with E-state index in [2.05, 4.69) is 26.0 Å². The molecule has 2 amide bonds. The molecule has 3 N–H and O–H groups in total. The Morgan fingerprint density at radius 2 is 2.35 bits per heavy atom. The van der Waals surface area contributed by atoms with E-state index in [1.165, 1.54) is 6.20 Å². The second kappa shape index (κ2) is 6.59. The number of aromatic nitrogens is 3. The lowest BCUT2D eigenvalue weighted by Crippen LogP contribution is -2.45. The summed E-state index contributed by atoms with van der Waals surface area (Å²) in [6.45, 7) is 2.41. The first kappa shape index (κ1) is 13.1. The summed E-state index contributed by atoms with van der Waals surface area (Å²) in [7, 11) is 1.54. The SMILES string of the molecule is COCCNC(=O)C(C)NC(=O)c1cn[nH]n1. The van der Waals surface area contributed by atoms with Gasteiger partial charge in [0.15, 0.2) is 5.69 Å². The second-order valence-corrected chi connectivity index (χ2v) is 3.33. The number of carbonyl (C=O) groups excluding carboxylic acids is 2. The van der Waals surface area contributed by atoms with E-state index < -0.39 is 11.9 Å². The number of rotatable bonds is 6. The molecule has 1 aromatic heterocycles. The number of nitrogens with one attached hydrogen (secondary N) is 3. The van der Waals surface area contributed by atoms with Crippen LogP contribution < -0.4 is 10.6 Å². The van der Waals surface area contributed by atoms with E-state index in [1.807, 2.05) is 0 Å². The standard InChI is InChI=1S/C9H15N5O3/c1-6(8(15)10-3-4-17-2)12-9(16)7-5-11-14-13-7/h5-6H,3-4H2,1-2H3,(H,10,15)(H,12,16)(H,11,13,14). The molecule has 1 unspecified atom stereocenters. The minimum atomic E-state index is -0.643. The second-order valence-electron chi connectivity index (χ2n) is 3.33. The lowest BCUT2D eigenvalue weighted by Gasteiger charge is -2.12. The highest BCUT2D eigenvalue weighted by Gasteiger charge is 2.17. The maximum absolute atomic E-state index is 11.5. The van der Waals surface area contributed by atoms with Gasteiger partial charge in [-0.25, -0.2) is 0 Å². The van der Waals surface area contributed by atoms with Crippen molar-refractivity contribution in [2.45, 2.75) is 13.0 Å². The van der Waals surface area contributed by atoms with Crippen LogP contribution in [0, 0.1) is 0 Å². The molecular formula is C9H15N5O3. The number of ether oxygens (including phenoxy) is 1. The van der Waals surface area contributed by atoms with Crippen LogP contribution in [0.4, 0.5) is 0 Å². The van der Waals surface area contributed by atoms with Crippen molar-refractivity contribution in [2.75, 3.05) is 20.3 Å². The normalized spacial score (nSPS) is 11.9. The first-order valence-electron chi connectivity index (χ1n) is 5.08. The van der Waals surface area contributed by atoms with Crippen molar-refractivity contribution >= 4 is 11.8 Å². The molecule has 17 heavy (non-hydrogen) atoms. The number of carbonyl (C=O) groups is 2. The number of aromatic amines is 1. The summed E-state index contributed by atoms with van der Waals surface area (Å²) in [6, 6.07) is -0.643. The number of nitrogens with zero attached hydrogens (tertiary/aromatic N) is 2. The Labute approximate surface area is 98.1 Å². The molecule has 1 heterocycles. The van der Waals surface area contributed by atoms with Gasteiger partial charge in [0.25, 0.3) is 5.91 Å². The van der Waals surface area contributed by atoms with E-state index in [0.29, 0.717) is 13.2 Å². The molecule has 0 aliphatic rings. The highest BCUT2D eigenvalue weighted by Crippen LogP contribution is 1.91. The average Bonchev–Trinajstić information content (AvgIpc) is 2.82. The van der Waals surface area contributed by atoms with Gasteiger partial charge in [-0.3, -0.25) is 9.59 Å². The predicted molar refractivity (Wildman–Crippen MR) is 58.2 cm³/mol. The Morgan fingerprint density at radius 1 is 1.59 bits per heavy atom. The third-order valence-electron chi connectivity index (χ3n) is 1.99. The van der Waals surface area contributed by atoms with Crippen LogP contribution in [-0.2, 0) is 9.53 Å². The van der Waals surface area contributed by atoms with Crippen molar-refractivity contribution in [3.63, 3.8) is 0 Å². The third-order valence-corrected chi connectivity index (χ3v) is 1.99. The van der Waals surface area contributed by atoms with Crippen LogP contribution in [-0.4, -0.2) is 53.5 Å². The number of hydrogen-bond donors (Lipinski definition) is 3. The van der Waals surface area contributed by atoms with Gasteiger partial charge < -0.3 is 15.4 Å². The van der Waals surface area contributed by atoms with Crippen LogP contribution >= 0.6 is 0 Å². The van der Waals surface area contributed by atoms with Crippen LogP contribution in [0.25, 0.3) is 0 Å². The first-order valence-corrected chi connectivity index (χ1v) is 5.08. The van der Waals surface area contributed by atoms with Crippen LogP contribution in [0.2, 0.25) is 0 Å². The number of amides is 2. The summed E-state index contributed by atoms with van der Waals surface area (Å²) in [5.74, 6) is -0.730. The molecule has 8 heteroatoms. The highest BCUT2D eigenvalue weighted by atomic mass is 16.5. The molecule has 0 aliphatic carbocycles. The van der Waals surface area contributed by atoms with Crippen LogP contribution in [0.3, 0.4) is 0 Å². The number of hydrogen-bond acceptors (Lipinski definition) is 5. The smallest absolute Gasteiger partial charge is 0.274 e. The molecule has 0 aromatic carbocycles. The van der Waals surface area contributed by atoms with E-state index >= 15 is 0 Å². The van der Waals surface area contributed by atoms with Crippen molar-refractivity contribution in [3.8, 4) is 0 Å². The molecule has 1 atom stereocenters. The van der Waals surface area contributed by atoms with E-state index in [0.717, 1.165) is 0 Å².